The van der Waals surface area contributed by atoms with E-state index in [1.54, 1.807) is 6.92 Å². The second-order valence-electron chi connectivity index (χ2n) is 6.64. The highest BCUT2D eigenvalue weighted by atomic mass is 16.5. The normalized spacial score (nSPS) is 26.5. The molecule has 0 bridgehead atoms. The van der Waals surface area contributed by atoms with Crippen LogP contribution in [0, 0.1) is 19.3 Å². The van der Waals surface area contributed by atoms with Crippen LogP contribution in [0.5, 0.6) is 0 Å². The van der Waals surface area contributed by atoms with Crippen LogP contribution in [-0.4, -0.2) is 41.0 Å². The fourth-order valence-corrected chi connectivity index (χ4v) is 3.23. The predicted octanol–water partition coefficient (Wildman–Crippen LogP) is 1.52. The zero-order chi connectivity index (χ0) is 16.5. The Morgan fingerprint density at radius 3 is 2.64 bits per heavy atom. The lowest BCUT2D eigenvalue weighted by Gasteiger charge is -2.60. The summed E-state index contributed by atoms with van der Waals surface area (Å²) in [7, 11) is 0. The number of carbonyl (C=O) groups excluding carboxylic acids is 1. The van der Waals surface area contributed by atoms with E-state index < -0.39 is 5.54 Å². The molecule has 0 spiro atoms. The molecule has 1 saturated carbocycles. The van der Waals surface area contributed by atoms with Gasteiger partial charge in [-0.2, -0.15) is 0 Å². The van der Waals surface area contributed by atoms with Gasteiger partial charge in [-0.1, -0.05) is 19.0 Å². The van der Waals surface area contributed by atoms with E-state index in [1.807, 2.05) is 27.7 Å². The van der Waals surface area contributed by atoms with Crippen LogP contribution in [0.2, 0.25) is 0 Å². The van der Waals surface area contributed by atoms with Gasteiger partial charge in [-0.15, -0.1) is 0 Å². The molecule has 0 aliphatic heterocycles. The molecule has 1 heterocycles. The lowest BCUT2D eigenvalue weighted by molar-refractivity contribution is -0.180. The highest BCUT2D eigenvalue weighted by Gasteiger charge is 2.61. The van der Waals surface area contributed by atoms with Gasteiger partial charge in [-0.3, -0.25) is 4.79 Å². The van der Waals surface area contributed by atoms with Crippen LogP contribution in [0.4, 0.5) is 0 Å². The fourth-order valence-electron chi connectivity index (χ4n) is 3.23. The first-order valence-corrected chi connectivity index (χ1v) is 7.72. The van der Waals surface area contributed by atoms with Gasteiger partial charge < -0.3 is 19.7 Å². The molecule has 2 rings (SSSR count). The van der Waals surface area contributed by atoms with Crippen molar-refractivity contribution in [2.45, 2.75) is 59.1 Å². The number of hydrogen-bond acceptors (Lipinski definition) is 5. The zero-order valence-corrected chi connectivity index (χ0v) is 14.0. The first-order valence-electron chi connectivity index (χ1n) is 7.72. The summed E-state index contributed by atoms with van der Waals surface area (Å²) in [6, 6.07) is 0. The van der Waals surface area contributed by atoms with Gasteiger partial charge in [0.15, 0.2) is 0 Å². The minimum Gasteiger partial charge on any atom is -0.394 e. The van der Waals surface area contributed by atoms with Crippen molar-refractivity contribution >= 4 is 5.91 Å². The Morgan fingerprint density at radius 1 is 1.50 bits per heavy atom. The van der Waals surface area contributed by atoms with Crippen LogP contribution in [0.3, 0.4) is 0 Å². The Labute approximate surface area is 131 Å². The zero-order valence-electron chi connectivity index (χ0n) is 14.0. The maximum atomic E-state index is 12.4. The minimum atomic E-state index is -0.636. The van der Waals surface area contributed by atoms with E-state index in [1.165, 1.54) is 0 Å². The van der Waals surface area contributed by atoms with Gasteiger partial charge in [0.2, 0.25) is 5.91 Å². The molecular formula is C16H26N2O4. The molecule has 1 aliphatic carbocycles. The van der Waals surface area contributed by atoms with E-state index in [0.29, 0.717) is 18.8 Å². The van der Waals surface area contributed by atoms with E-state index in [-0.39, 0.29) is 30.5 Å². The molecule has 2 atom stereocenters. The summed E-state index contributed by atoms with van der Waals surface area (Å²) in [4.78, 5) is 12.4. The Balaban J connectivity index is 2.07. The first-order chi connectivity index (χ1) is 10.3. The largest absolute Gasteiger partial charge is 0.394 e. The van der Waals surface area contributed by atoms with Gasteiger partial charge in [0, 0.05) is 24.0 Å². The van der Waals surface area contributed by atoms with Gasteiger partial charge >= 0.3 is 0 Å². The van der Waals surface area contributed by atoms with Crippen molar-refractivity contribution < 1.29 is 19.2 Å². The summed E-state index contributed by atoms with van der Waals surface area (Å²) in [5, 5.41) is 16.7. The molecule has 0 unspecified atom stereocenters. The van der Waals surface area contributed by atoms with E-state index in [2.05, 4.69) is 10.5 Å². The molecule has 0 aromatic carbocycles. The van der Waals surface area contributed by atoms with E-state index >= 15 is 0 Å². The highest BCUT2D eigenvalue weighted by Crippen LogP contribution is 2.51. The number of carbonyl (C=O) groups is 1. The van der Waals surface area contributed by atoms with Gasteiger partial charge in [0.1, 0.15) is 5.76 Å². The van der Waals surface area contributed by atoms with E-state index in [4.69, 9.17) is 9.26 Å². The van der Waals surface area contributed by atoms with Crippen LogP contribution in [-0.2, 0) is 16.0 Å². The van der Waals surface area contributed by atoms with Crippen LogP contribution in [0.25, 0.3) is 0 Å². The number of aryl methyl sites for hydroxylation is 2. The van der Waals surface area contributed by atoms with Crippen LogP contribution < -0.4 is 5.32 Å². The number of amides is 1. The van der Waals surface area contributed by atoms with Crippen LogP contribution in [0.1, 0.15) is 44.2 Å². The summed E-state index contributed by atoms with van der Waals surface area (Å²) in [6.45, 7) is 10.1. The minimum absolute atomic E-state index is 0.0454. The monoisotopic (exact) mass is 310 g/mol. The van der Waals surface area contributed by atoms with E-state index in [9.17, 15) is 9.90 Å². The average molecular weight is 310 g/mol. The lowest BCUT2D eigenvalue weighted by atomic mass is 9.54. The Hall–Kier alpha value is -1.40. The summed E-state index contributed by atoms with van der Waals surface area (Å²) >= 11 is 0. The van der Waals surface area contributed by atoms with Crippen molar-refractivity contribution in [2.75, 3.05) is 13.2 Å². The molecular weight excluding hydrogens is 284 g/mol. The molecule has 1 fully saturated rings. The molecule has 22 heavy (non-hydrogen) atoms. The number of aromatic nitrogens is 1. The van der Waals surface area contributed by atoms with Crippen molar-refractivity contribution in [2.24, 2.45) is 5.41 Å². The lowest BCUT2D eigenvalue weighted by Crippen LogP contribution is -2.74. The number of nitrogens with zero attached hydrogens (tertiary/aromatic N) is 1. The molecule has 0 saturated heterocycles. The molecule has 124 valence electrons. The van der Waals surface area contributed by atoms with Crippen molar-refractivity contribution in [3.05, 3.63) is 17.0 Å². The Morgan fingerprint density at radius 2 is 2.18 bits per heavy atom. The number of hydrogen-bond donors (Lipinski definition) is 2. The Bertz CT molecular complexity index is 533. The Kier molecular flexibility index (Phi) is 4.63. The van der Waals surface area contributed by atoms with Gasteiger partial charge in [-0.05, 0) is 20.8 Å². The SMILES string of the molecule is CCO[C@@H]1C[C@](CO)(NC(=O)Cc2c(C)noc2C)C1(C)C. The number of aliphatic hydroxyl groups excluding tert-OH is 1. The molecule has 1 amide bonds. The van der Waals surface area contributed by atoms with Crippen molar-refractivity contribution in [1.82, 2.24) is 10.5 Å². The topological polar surface area (TPSA) is 84.6 Å². The second-order valence-corrected chi connectivity index (χ2v) is 6.64. The molecule has 1 aliphatic rings. The maximum absolute atomic E-state index is 12.4. The summed E-state index contributed by atoms with van der Waals surface area (Å²) < 4.78 is 10.8. The second kappa shape index (κ2) is 6.01. The van der Waals surface area contributed by atoms with Crippen LogP contribution in [0.15, 0.2) is 4.52 Å². The highest BCUT2D eigenvalue weighted by molar-refractivity contribution is 5.80. The van der Waals surface area contributed by atoms with Gasteiger partial charge in [0.25, 0.3) is 0 Å². The van der Waals surface area contributed by atoms with Crippen LogP contribution >= 0.6 is 0 Å². The predicted molar refractivity (Wildman–Crippen MR) is 81.5 cm³/mol. The third-order valence-corrected chi connectivity index (χ3v) is 5.11. The number of aliphatic hydroxyl groups is 1. The smallest absolute Gasteiger partial charge is 0.225 e. The molecule has 1 aromatic heterocycles. The summed E-state index contributed by atoms with van der Waals surface area (Å²) in [6.07, 6.45) is 0.875. The third-order valence-electron chi connectivity index (χ3n) is 5.11. The number of rotatable bonds is 6. The molecule has 1 aromatic rings. The average Bonchev–Trinajstić information content (AvgIpc) is 2.77. The molecule has 0 radical (unpaired) electrons. The summed E-state index contributed by atoms with van der Waals surface area (Å²) in [5.74, 6) is 0.525. The number of nitrogens with one attached hydrogen (secondary N) is 1. The van der Waals surface area contributed by atoms with Crippen molar-refractivity contribution in [3.8, 4) is 0 Å². The molecule has 2 N–H and O–H groups in total. The third kappa shape index (κ3) is 2.65. The quantitative estimate of drug-likeness (QED) is 0.832. The summed E-state index contributed by atoms with van der Waals surface area (Å²) in [5.41, 5.74) is 0.588. The molecule has 6 nitrogen and oxygen atoms in total. The molecule has 6 heteroatoms. The fraction of sp³-hybridized carbons (Fsp3) is 0.750. The standard InChI is InChI=1S/C16H26N2O4/c1-6-21-13-8-16(9-19,15(13,4)5)17-14(20)7-12-10(2)18-22-11(12)3/h13,19H,6-9H2,1-5H3,(H,17,20)/t13-,16-/m1/s1. The van der Waals surface area contributed by atoms with Crippen molar-refractivity contribution in [3.63, 3.8) is 0 Å². The number of ether oxygens (including phenoxy) is 1. The maximum Gasteiger partial charge on any atom is 0.225 e. The van der Waals surface area contributed by atoms with E-state index in [0.717, 1.165) is 11.3 Å². The van der Waals surface area contributed by atoms with Gasteiger partial charge in [0.05, 0.1) is 30.4 Å². The van der Waals surface area contributed by atoms with Gasteiger partial charge in [-0.25, -0.2) is 0 Å². The van der Waals surface area contributed by atoms with Crippen molar-refractivity contribution in [1.29, 1.82) is 0 Å². The first kappa shape index (κ1) is 17.0.